The fraction of sp³-hybridized carbons (Fsp3) is 0.300. The van der Waals surface area contributed by atoms with E-state index in [0.29, 0.717) is 12.4 Å². The zero-order chi connectivity index (χ0) is 13.1. The highest BCUT2D eigenvalue weighted by molar-refractivity contribution is 7.84. The van der Waals surface area contributed by atoms with E-state index in [1.807, 2.05) is 6.92 Å². The molecule has 8 heteroatoms. The Labute approximate surface area is 105 Å². The predicted octanol–water partition coefficient (Wildman–Crippen LogP) is 0.897. The molecule has 18 heavy (non-hydrogen) atoms. The normalized spacial score (nSPS) is 12.5. The number of aromatic nitrogens is 3. The topological polar surface area (TPSA) is 98.2 Å². The lowest BCUT2D eigenvalue weighted by atomic mass is 10.5. The SMILES string of the molecule is CCn1ncnc1CS(=O)c1ccc(C(=O)O)o1. The van der Waals surface area contributed by atoms with Gasteiger partial charge in [0.15, 0.2) is 5.09 Å². The molecule has 0 bridgehead atoms. The first-order valence-corrected chi connectivity index (χ1v) is 6.52. The number of furan rings is 1. The Morgan fingerprint density at radius 2 is 2.33 bits per heavy atom. The van der Waals surface area contributed by atoms with Gasteiger partial charge in [-0.05, 0) is 19.1 Å². The van der Waals surface area contributed by atoms with Gasteiger partial charge in [-0.2, -0.15) is 5.10 Å². The van der Waals surface area contributed by atoms with E-state index in [0.717, 1.165) is 0 Å². The maximum absolute atomic E-state index is 12.0. The molecule has 0 fully saturated rings. The molecule has 2 aromatic rings. The number of carbonyl (C=O) groups is 1. The molecule has 0 aromatic carbocycles. The van der Waals surface area contributed by atoms with Crippen molar-refractivity contribution in [2.45, 2.75) is 24.3 Å². The van der Waals surface area contributed by atoms with E-state index in [1.54, 1.807) is 4.68 Å². The van der Waals surface area contributed by atoms with Crippen LogP contribution in [0.3, 0.4) is 0 Å². The molecule has 0 aliphatic rings. The molecule has 2 rings (SSSR count). The molecule has 0 saturated carbocycles. The zero-order valence-corrected chi connectivity index (χ0v) is 10.4. The van der Waals surface area contributed by atoms with Gasteiger partial charge in [0.2, 0.25) is 5.76 Å². The number of carboxylic acids is 1. The smallest absolute Gasteiger partial charge is 0.371 e. The third-order valence-electron chi connectivity index (χ3n) is 2.27. The zero-order valence-electron chi connectivity index (χ0n) is 9.57. The summed E-state index contributed by atoms with van der Waals surface area (Å²) in [6, 6.07) is 2.67. The van der Waals surface area contributed by atoms with Gasteiger partial charge in [0.25, 0.3) is 0 Å². The summed E-state index contributed by atoms with van der Waals surface area (Å²) >= 11 is 0. The molecule has 0 aliphatic carbocycles. The van der Waals surface area contributed by atoms with Crippen molar-refractivity contribution in [3.05, 3.63) is 30.0 Å². The van der Waals surface area contributed by atoms with Crippen molar-refractivity contribution in [2.75, 3.05) is 0 Å². The van der Waals surface area contributed by atoms with Gasteiger partial charge >= 0.3 is 5.97 Å². The lowest BCUT2D eigenvalue weighted by Gasteiger charge is -2.01. The molecule has 0 saturated heterocycles. The predicted molar refractivity (Wildman–Crippen MR) is 61.5 cm³/mol. The average Bonchev–Trinajstić information content (AvgIpc) is 2.96. The summed E-state index contributed by atoms with van der Waals surface area (Å²) in [7, 11) is -1.47. The van der Waals surface area contributed by atoms with Crippen molar-refractivity contribution in [1.82, 2.24) is 14.8 Å². The van der Waals surface area contributed by atoms with Gasteiger partial charge in [-0.25, -0.2) is 14.5 Å². The van der Waals surface area contributed by atoms with Crippen LogP contribution in [0.2, 0.25) is 0 Å². The second-order valence-electron chi connectivity index (χ2n) is 3.41. The maximum atomic E-state index is 12.0. The average molecular weight is 269 g/mol. The molecule has 2 heterocycles. The van der Waals surface area contributed by atoms with E-state index in [-0.39, 0.29) is 16.6 Å². The van der Waals surface area contributed by atoms with Gasteiger partial charge in [-0.15, -0.1) is 0 Å². The van der Waals surface area contributed by atoms with Gasteiger partial charge in [0.1, 0.15) is 12.2 Å². The van der Waals surface area contributed by atoms with E-state index in [4.69, 9.17) is 9.52 Å². The Morgan fingerprint density at radius 1 is 1.56 bits per heavy atom. The summed E-state index contributed by atoms with van der Waals surface area (Å²) in [5, 5.41) is 12.8. The van der Waals surface area contributed by atoms with Crippen LogP contribution in [-0.4, -0.2) is 30.0 Å². The molecule has 0 spiro atoms. The molecular formula is C10H11N3O4S. The number of aromatic carboxylic acids is 1. The lowest BCUT2D eigenvalue weighted by Crippen LogP contribution is -2.06. The number of hydrogen-bond acceptors (Lipinski definition) is 5. The Hall–Kier alpha value is -1.96. The quantitative estimate of drug-likeness (QED) is 0.865. The molecule has 7 nitrogen and oxygen atoms in total. The van der Waals surface area contributed by atoms with Crippen LogP contribution in [0.4, 0.5) is 0 Å². The van der Waals surface area contributed by atoms with Crippen LogP contribution in [0, 0.1) is 0 Å². The van der Waals surface area contributed by atoms with Crippen molar-refractivity contribution in [1.29, 1.82) is 0 Å². The fourth-order valence-electron chi connectivity index (χ4n) is 1.41. The third-order valence-corrected chi connectivity index (χ3v) is 3.46. The third kappa shape index (κ3) is 2.48. The van der Waals surface area contributed by atoms with Gasteiger partial charge in [-0.3, -0.25) is 4.21 Å². The van der Waals surface area contributed by atoms with Crippen LogP contribution in [0.25, 0.3) is 0 Å². The highest BCUT2D eigenvalue weighted by atomic mass is 32.2. The molecule has 0 aliphatic heterocycles. The fourth-order valence-corrected chi connectivity index (χ4v) is 2.41. The Morgan fingerprint density at radius 3 is 2.94 bits per heavy atom. The first-order valence-electron chi connectivity index (χ1n) is 5.20. The number of hydrogen-bond donors (Lipinski definition) is 1. The van der Waals surface area contributed by atoms with E-state index in [1.165, 1.54) is 18.5 Å². The Balaban J connectivity index is 2.14. The van der Waals surface area contributed by atoms with Crippen LogP contribution < -0.4 is 0 Å². The molecule has 0 radical (unpaired) electrons. The van der Waals surface area contributed by atoms with E-state index < -0.39 is 16.8 Å². The molecule has 1 atom stereocenters. The Bertz CT molecular complexity index is 589. The largest absolute Gasteiger partial charge is 0.475 e. The molecule has 96 valence electrons. The first-order chi connectivity index (χ1) is 8.61. The van der Waals surface area contributed by atoms with Crippen LogP contribution in [0.5, 0.6) is 0 Å². The van der Waals surface area contributed by atoms with Crippen molar-refractivity contribution < 1.29 is 18.5 Å². The maximum Gasteiger partial charge on any atom is 0.371 e. The van der Waals surface area contributed by atoms with Crippen LogP contribution in [0.15, 0.2) is 28.0 Å². The van der Waals surface area contributed by atoms with Crippen molar-refractivity contribution in [3.63, 3.8) is 0 Å². The minimum Gasteiger partial charge on any atom is -0.475 e. The minimum atomic E-state index is -1.47. The molecular weight excluding hydrogens is 258 g/mol. The van der Waals surface area contributed by atoms with Crippen LogP contribution >= 0.6 is 0 Å². The van der Waals surface area contributed by atoms with E-state index in [2.05, 4.69) is 10.1 Å². The number of carboxylic acid groups (broad SMARTS) is 1. The van der Waals surface area contributed by atoms with Gasteiger partial charge in [0.05, 0.1) is 16.6 Å². The van der Waals surface area contributed by atoms with E-state index >= 15 is 0 Å². The van der Waals surface area contributed by atoms with Crippen LogP contribution in [0.1, 0.15) is 23.3 Å². The minimum absolute atomic E-state index is 0.123. The first kappa shape index (κ1) is 12.5. The molecule has 2 aromatic heterocycles. The summed E-state index contributed by atoms with van der Waals surface area (Å²) in [4.78, 5) is 14.6. The summed E-state index contributed by atoms with van der Waals surface area (Å²) in [5.74, 6) is -0.699. The van der Waals surface area contributed by atoms with Gasteiger partial charge in [0, 0.05) is 6.54 Å². The van der Waals surface area contributed by atoms with Gasteiger partial charge in [-0.1, -0.05) is 0 Å². The summed E-state index contributed by atoms with van der Waals surface area (Å²) in [5.41, 5.74) is 0. The van der Waals surface area contributed by atoms with Crippen molar-refractivity contribution in [2.24, 2.45) is 0 Å². The molecule has 1 N–H and O–H groups in total. The summed E-state index contributed by atoms with van der Waals surface area (Å²) in [6.45, 7) is 2.53. The Kier molecular flexibility index (Phi) is 3.56. The van der Waals surface area contributed by atoms with Crippen molar-refractivity contribution in [3.8, 4) is 0 Å². The second kappa shape index (κ2) is 5.13. The molecule has 1 unspecified atom stereocenters. The second-order valence-corrected chi connectivity index (χ2v) is 4.79. The lowest BCUT2D eigenvalue weighted by molar-refractivity contribution is 0.0656. The summed E-state index contributed by atoms with van der Waals surface area (Å²) < 4.78 is 18.6. The van der Waals surface area contributed by atoms with E-state index in [9.17, 15) is 9.00 Å². The van der Waals surface area contributed by atoms with Crippen LogP contribution in [-0.2, 0) is 23.1 Å². The standard InChI is InChI=1S/C10H11N3O4S/c1-2-13-8(11-6-12-13)5-18(16)9-4-3-7(17-9)10(14)15/h3-4,6H,2,5H2,1H3,(H,14,15). The summed E-state index contributed by atoms with van der Waals surface area (Å²) in [6.07, 6.45) is 1.39. The number of aryl methyl sites for hydroxylation is 1. The highest BCUT2D eigenvalue weighted by Gasteiger charge is 2.16. The molecule has 0 amide bonds. The van der Waals surface area contributed by atoms with Gasteiger partial charge < -0.3 is 9.52 Å². The monoisotopic (exact) mass is 269 g/mol. The highest BCUT2D eigenvalue weighted by Crippen LogP contribution is 2.15. The number of rotatable bonds is 5. The van der Waals surface area contributed by atoms with Crippen molar-refractivity contribution >= 4 is 16.8 Å². The number of nitrogens with zero attached hydrogens (tertiary/aromatic N) is 3.